The summed E-state index contributed by atoms with van der Waals surface area (Å²) >= 11 is 0. The number of hydrogen-bond donors (Lipinski definition) is 3. The van der Waals surface area contributed by atoms with Gasteiger partial charge in [0, 0.05) is 30.8 Å². The van der Waals surface area contributed by atoms with Crippen LogP contribution in [0, 0.1) is 0 Å². The van der Waals surface area contributed by atoms with E-state index in [4.69, 9.17) is 4.74 Å². The molecule has 0 saturated carbocycles. The lowest BCUT2D eigenvalue weighted by Gasteiger charge is -2.16. The van der Waals surface area contributed by atoms with E-state index in [1.165, 1.54) is 13.2 Å². The number of sulfonamides is 1. The molecule has 7 heteroatoms. The Labute approximate surface area is 120 Å². The largest absolute Gasteiger partial charge is 0.507 e. The first-order chi connectivity index (χ1) is 9.39. The lowest BCUT2D eigenvalue weighted by atomic mass is 10.1. The predicted molar refractivity (Wildman–Crippen MR) is 78.5 cm³/mol. The summed E-state index contributed by atoms with van der Waals surface area (Å²) in [6.45, 7) is 4.30. The molecular formula is C13H22N2O4S. The molecule has 0 fully saturated rings. The Morgan fingerprint density at radius 1 is 1.40 bits per heavy atom. The highest BCUT2D eigenvalue weighted by molar-refractivity contribution is 7.89. The molecule has 0 aliphatic heterocycles. The van der Waals surface area contributed by atoms with Crippen LogP contribution < -0.4 is 14.8 Å². The van der Waals surface area contributed by atoms with E-state index in [9.17, 15) is 13.5 Å². The van der Waals surface area contributed by atoms with Crippen molar-refractivity contribution in [1.82, 2.24) is 10.0 Å². The Morgan fingerprint density at radius 2 is 2.10 bits per heavy atom. The lowest BCUT2D eigenvalue weighted by Crippen LogP contribution is -2.32. The summed E-state index contributed by atoms with van der Waals surface area (Å²) in [6.07, 6.45) is 0. The topological polar surface area (TPSA) is 87.7 Å². The van der Waals surface area contributed by atoms with E-state index in [-0.39, 0.29) is 17.5 Å². The van der Waals surface area contributed by atoms with Gasteiger partial charge < -0.3 is 15.2 Å². The van der Waals surface area contributed by atoms with Crippen LogP contribution in [0.4, 0.5) is 0 Å². The molecule has 6 nitrogen and oxygen atoms in total. The van der Waals surface area contributed by atoms with Crippen LogP contribution in [0.3, 0.4) is 0 Å². The molecule has 0 aliphatic carbocycles. The Bertz CT molecular complexity index is 531. The number of benzene rings is 1. The smallest absolute Gasteiger partial charge is 0.212 e. The van der Waals surface area contributed by atoms with Gasteiger partial charge in [0.05, 0.1) is 12.9 Å². The fraction of sp³-hybridized carbons (Fsp3) is 0.538. The van der Waals surface area contributed by atoms with Crippen molar-refractivity contribution in [1.29, 1.82) is 0 Å². The maximum absolute atomic E-state index is 11.5. The zero-order valence-electron chi connectivity index (χ0n) is 12.0. The van der Waals surface area contributed by atoms with E-state index < -0.39 is 10.0 Å². The summed E-state index contributed by atoms with van der Waals surface area (Å²) in [4.78, 5) is 0. The maximum atomic E-state index is 11.5. The molecule has 0 amide bonds. The first-order valence-electron chi connectivity index (χ1n) is 6.47. The molecule has 0 radical (unpaired) electrons. The number of phenolic OH excluding ortho intramolecular Hbond substituents is 1. The number of hydrogen-bond acceptors (Lipinski definition) is 5. The van der Waals surface area contributed by atoms with Crippen molar-refractivity contribution in [3.8, 4) is 11.5 Å². The summed E-state index contributed by atoms with van der Waals surface area (Å²) in [6, 6.07) is 4.88. The minimum Gasteiger partial charge on any atom is -0.507 e. The molecule has 1 aromatic carbocycles. The van der Waals surface area contributed by atoms with Crippen molar-refractivity contribution in [2.24, 2.45) is 0 Å². The van der Waals surface area contributed by atoms with Crippen LogP contribution in [-0.4, -0.2) is 39.5 Å². The SMILES string of the molecule is CCNS(=O)(=O)CCNC(C)c1ccc(OC)cc1O. The van der Waals surface area contributed by atoms with E-state index >= 15 is 0 Å². The molecule has 1 atom stereocenters. The van der Waals surface area contributed by atoms with Gasteiger partial charge in [-0.15, -0.1) is 0 Å². The van der Waals surface area contributed by atoms with Crippen LogP contribution >= 0.6 is 0 Å². The highest BCUT2D eigenvalue weighted by Crippen LogP contribution is 2.28. The van der Waals surface area contributed by atoms with Crippen molar-refractivity contribution >= 4 is 10.0 Å². The highest BCUT2D eigenvalue weighted by Gasteiger charge is 2.13. The number of phenols is 1. The molecule has 0 spiro atoms. The van der Waals surface area contributed by atoms with Gasteiger partial charge >= 0.3 is 0 Å². The Morgan fingerprint density at radius 3 is 2.65 bits per heavy atom. The third-order valence-electron chi connectivity index (χ3n) is 2.89. The molecule has 0 heterocycles. The minimum absolute atomic E-state index is 0.00208. The molecule has 1 aromatic rings. The second-order valence-corrected chi connectivity index (χ2v) is 6.34. The molecular weight excluding hydrogens is 280 g/mol. The van der Waals surface area contributed by atoms with E-state index in [0.717, 1.165) is 0 Å². The average Bonchev–Trinajstić information content (AvgIpc) is 2.37. The van der Waals surface area contributed by atoms with E-state index in [0.29, 0.717) is 24.4 Å². The molecule has 3 N–H and O–H groups in total. The van der Waals surface area contributed by atoms with Crippen LogP contribution in [0.2, 0.25) is 0 Å². The predicted octanol–water partition coefficient (Wildman–Crippen LogP) is 0.991. The van der Waals surface area contributed by atoms with Crippen molar-refractivity contribution in [3.05, 3.63) is 23.8 Å². The highest BCUT2D eigenvalue weighted by atomic mass is 32.2. The summed E-state index contributed by atoms with van der Waals surface area (Å²) < 4.78 is 30.4. The molecule has 114 valence electrons. The molecule has 1 rings (SSSR count). The van der Waals surface area contributed by atoms with Crippen molar-refractivity contribution in [2.45, 2.75) is 19.9 Å². The number of methoxy groups -OCH3 is 1. The Hall–Kier alpha value is -1.31. The third-order valence-corrected chi connectivity index (χ3v) is 4.36. The zero-order chi connectivity index (χ0) is 15.2. The van der Waals surface area contributed by atoms with Crippen LogP contribution in [0.1, 0.15) is 25.5 Å². The van der Waals surface area contributed by atoms with Crippen LogP contribution in [0.25, 0.3) is 0 Å². The van der Waals surface area contributed by atoms with Crippen molar-refractivity contribution in [3.63, 3.8) is 0 Å². The number of ether oxygens (including phenoxy) is 1. The van der Waals surface area contributed by atoms with Gasteiger partial charge in [-0.2, -0.15) is 0 Å². The van der Waals surface area contributed by atoms with Gasteiger partial charge in [0.25, 0.3) is 0 Å². The van der Waals surface area contributed by atoms with Gasteiger partial charge in [0.1, 0.15) is 11.5 Å². The van der Waals surface area contributed by atoms with Crippen molar-refractivity contribution < 1.29 is 18.3 Å². The quantitative estimate of drug-likeness (QED) is 0.666. The first-order valence-corrected chi connectivity index (χ1v) is 8.12. The molecule has 20 heavy (non-hydrogen) atoms. The molecule has 1 unspecified atom stereocenters. The summed E-state index contributed by atoms with van der Waals surface area (Å²) in [5.74, 6) is 0.703. The number of nitrogens with one attached hydrogen (secondary N) is 2. The lowest BCUT2D eigenvalue weighted by molar-refractivity contribution is 0.404. The Balaban J connectivity index is 2.57. The molecule has 0 bridgehead atoms. The van der Waals surface area contributed by atoms with Gasteiger partial charge in [0.2, 0.25) is 10.0 Å². The van der Waals surface area contributed by atoms with Gasteiger partial charge in [-0.05, 0) is 13.0 Å². The fourth-order valence-corrected chi connectivity index (χ4v) is 2.80. The molecule has 0 aromatic heterocycles. The summed E-state index contributed by atoms with van der Waals surface area (Å²) in [5.41, 5.74) is 0.701. The van der Waals surface area contributed by atoms with Crippen LogP contribution in [0.5, 0.6) is 11.5 Å². The summed E-state index contributed by atoms with van der Waals surface area (Å²) in [5, 5.41) is 13.0. The van der Waals surface area contributed by atoms with Gasteiger partial charge in [0.15, 0.2) is 0 Å². The molecule has 0 aliphatic rings. The number of aromatic hydroxyl groups is 1. The van der Waals surface area contributed by atoms with Crippen molar-refractivity contribution in [2.75, 3.05) is 26.0 Å². The standard InChI is InChI=1S/C13H22N2O4S/c1-4-15-20(17,18)8-7-14-10(2)12-6-5-11(19-3)9-13(12)16/h5-6,9-10,14-16H,4,7-8H2,1-3H3. The van der Waals surface area contributed by atoms with Crippen LogP contribution in [0.15, 0.2) is 18.2 Å². The van der Waals surface area contributed by atoms with Gasteiger partial charge in [-0.1, -0.05) is 13.0 Å². The Kier molecular flexibility index (Phi) is 6.25. The van der Waals surface area contributed by atoms with E-state index in [2.05, 4.69) is 10.0 Å². The second kappa shape index (κ2) is 7.47. The monoisotopic (exact) mass is 302 g/mol. The minimum atomic E-state index is -3.23. The van der Waals surface area contributed by atoms with Gasteiger partial charge in [-0.3, -0.25) is 0 Å². The third kappa shape index (κ3) is 4.99. The molecule has 0 saturated heterocycles. The zero-order valence-corrected chi connectivity index (χ0v) is 12.8. The van der Waals surface area contributed by atoms with E-state index in [1.54, 1.807) is 19.1 Å². The van der Waals surface area contributed by atoms with Gasteiger partial charge in [-0.25, -0.2) is 13.1 Å². The summed E-state index contributed by atoms with van der Waals surface area (Å²) in [7, 11) is -1.70. The van der Waals surface area contributed by atoms with E-state index in [1.807, 2.05) is 6.92 Å². The maximum Gasteiger partial charge on any atom is 0.212 e. The fourth-order valence-electron chi connectivity index (χ4n) is 1.83. The second-order valence-electron chi connectivity index (χ2n) is 4.42. The average molecular weight is 302 g/mol. The normalized spacial score (nSPS) is 13.2. The van der Waals surface area contributed by atoms with Crippen LogP contribution in [-0.2, 0) is 10.0 Å². The first kappa shape index (κ1) is 16.7. The number of rotatable bonds is 8.